The van der Waals surface area contributed by atoms with Crippen molar-refractivity contribution in [2.75, 3.05) is 31.1 Å². The van der Waals surface area contributed by atoms with Crippen LogP contribution >= 0.6 is 0 Å². The highest BCUT2D eigenvalue weighted by atomic mass is 16.2. The minimum absolute atomic E-state index is 0.0199. The van der Waals surface area contributed by atoms with Crippen LogP contribution in [0.3, 0.4) is 0 Å². The van der Waals surface area contributed by atoms with Crippen molar-refractivity contribution in [3.63, 3.8) is 0 Å². The maximum Gasteiger partial charge on any atom is 0.245 e. The summed E-state index contributed by atoms with van der Waals surface area (Å²) in [6.45, 7) is 6.57. The van der Waals surface area contributed by atoms with Crippen LogP contribution in [-0.2, 0) is 9.59 Å². The number of hydrogen-bond acceptors (Lipinski definition) is 6. The van der Waals surface area contributed by atoms with Crippen molar-refractivity contribution in [2.45, 2.75) is 32.7 Å². The third-order valence-corrected chi connectivity index (χ3v) is 5.07. The van der Waals surface area contributed by atoms with Crippen LogP contribution in [0.5, 0.6) is 0 Å². The molecule has 9 heteroatoms. The molecule has 9 nitrogen and oxygen atoms in total. The van der Waals surface area contributed by atoms with Gasteiger partial charge in [-0.15, -0.1) is 0 Å². The van der Waals surface area contributed by atoms with E-state index in [0.717, 1.165) is 23.0 Å². The Kier molecular flexibility index (Phi) is 4.51. The normalized spacial score (nSPS) is 20.1. The Labute approximate surface area is 157 Å². The second kappa shape index (κ2) is 6.98. The van der Waals surface area contributed by atoms with E-state index in [1.54, 1.807) is 6.33 Å². The molecule has 27 heavy (non-hydrogen) atoms. The Balaban J connectivity index is 1.42. The lowest BCUT2D eigenvalue weighted by atomic mass is 10.2. The van der Waals surface area contributed by atoms with E-state index in [-0.39, 0.29) is 17.9 Å². The minimum atomic E-state index is -0.360. The van der Waals surface area contributed by atoms with Gasteiger partial charge in [-0.05, 0) is 26.3 Å². The molecule has 4 heterocycles. The number of anilines is 1. The second-order valence-corrected chi connectivity index (χ2v) is 7.04. The third-order valence-electron chi connectivity index (χ3n) is 5.07. The molecule has 0 radical (unpaired) electrons. The van der Waals surface area contributed by atoms with Gasteiger partial charge in [-0.25, -0.2) is 14.6 Å². The summed E-state index contributed by atoms with van der Waals surface area (Å²) in [5, 5.41) is 7.23. The molecular weight excluding hydrogens is 346 g/mol. The van der Waals surface area contributed by atoms with Gasteiger partial charge >= 0.3 is 0 Å². The Hall–Kier alpha value is -2.97. The first-order valence-corrected chi connectivity index (χ1v) is 9.20. The first-order valence-electron chi connectivity index (χ1n) is 9.20. The summed E-state index contributed by atoms with van der Waals surface area (Å²) in [5.41, 5.74) is 1.96. The molecular formula is C18H23N7O2. The van der Waals surface area contributed by atoms with Crippen LogP contribution in [0.4, 0.5) is 5.82 Å². The molecule has 2 aromatic heterocycles. The zero-order valence-corrected chi connectivity index (χ0v) is 15.6. The topological polar surface area (TPSA) is 96.2 Å². The van der Waals surface area contributed by atoms with Gasteiger partial charge < -0.3 is 15.1 Å². The molecule has 2 saturated heterocycles. The monoisotopic (exact) mass is 369 g/mol. The molecule has 1 unspecified atom stereocenters. The van der Waals surface area contributed by atoms with Crippen LogP contribution in [0.15, 0.2) is 18.5 Å². The predicted octanol–water partition coefficient (Wildman–Crippen LogP) is 0.206. The van der Waals surface area contributed by atoms with Gasteiger partial charge in [-0.2, -0.15) is 5.10 Å². The van der Waals surface area contributed by atoms with Crippen molar-refractivity contribution in [1.82, 2.24) is 30.0 Å². The highest BCUT2D eigenvalue weighted by Crippen LogP contribution is 2.18. The quantitative estimate of drug-likeness (QED) is 0.831. The second-order valence-electron chi connectivity index (χ2n) is 7.04. The fourth-order valence-corrected chi connectivity index (χ4v) is 3.66. The van der Waals surface area contributed by atoms with Crippen molar-refractivity contribution < 1.29 is 9.59 Å². The van der Waals surface area contributed by atoms with Crippen LogP contribution in [0.25, 0.3) is 5.82 Å². The zero-order valence-electron chi connectivity index (χ0n) is 15.6. The van der Waals surface area contributed by atoms with Crippen LogP contribution in [-0.4, -0.2) is 68.7 Å². The largest absolute Gasteiger partial charge is 0.353 e. The fraction of sp³-hybridized carbons (Fsp3) is 0.500. The third kappa shape index (κ3) is 3.49. The van der Waals surface area contributed by atoms with Gasteiger partial charge in [0.15, 0.2) is 5.82 Å². The number of piperazine rings is 1. The minimum Gasteiger partial charge on any atom is -0.353 e. The summed E-state index contributed by atoms with van der Waals surface area (Å²) >= 11 is 0. The maximum atomic E-state index is 12.5. The van der Waals surface area contributed by atoms with Crippen LogP contribution in [0.2, 0.25) is 0 Å². The Bertz CT molecular complexity index is 870. The molecule has 2 aliphatic heterocycles. The molecule has 2 fully saturated rings. The summed E-state index contributed by atoms with van der Waals surface area (Å²) in [6.07, 6.45) is 2.58. The van der Waals surface area contributed by atoms with E-state index >= 15 is 0 Å². The first kappa shape index (κ1) is 17.4. The number of hydrogen-bond donors (Lipinski definition) is 1. The highest BCUT2D eigenvalue weighted by molar-refractivity contribution is 5.90. The van der Waals surface area contributed by atoms with E-state index in [0.29, 0.717) is 39.0 Å². The van der Waals surface area contributed by atoms with E-state index < -0.39 is 0 Å². The van der Waals surface area contributed by atoms with E-state index in [9.17, 15) is 9.59 Å². The number of rotatable bonds is 3. The van der Waals surface area contributed by atoms with Gasteiger partial charge in [0, 0.05) is 44.4 Å². The Morgan fingerprint density at radius 3 is 2.48 bits per heavy atom. The molecule has 142 valence electrons. The van der Waals surface area contributed by atoms with E-state index in [1.165, 1.54) is 0 Å². The van der Waals surface area contributed by atoms with Gasteiger partial charge in [0.2, 0.25) is 11.8 Å². The highest BCUT2D eigenvalue weighted by Gasteiger charge is 2.32. The number of aromatic nitrogens is 4. The summed E-state index contributed by atoms with van der Waals surface area (Å²) in [5.74, 6) is 1.54. The molecule has 2 amide bonds. The van der Waals surface area contributed by atoms with Crippen molar-refractivity contribution in [1.29, 1.82) is 0 Å². The van der Waals surface area contributed by atoms with Crippen molar-refractivity contribution in [3.8, 4) is 5.82 Å². The molecule has 4 rings (SSSR count). The van der Waals surface area contributed by atoms with Crippen molar-refractivity contribution in [3.05, 3.63) is 29.8 Å². The van der Waals surface area contributed by atoms with E-state index in [2.05, 4.69) is 25.3 Å². The van der Waals surface area contributed by atoms with Gasteiger partial charge in [0.25, 0.3) is 0 Å². The molecule has 2 aromatic rings. The Morgan fingerprint density at radius 2 is 1.85 bits per heavy atom. The molecule has 0 spiro atoms. The number of amides is 2. The SMILES string of the molecule is Cc1cc(C)n(-c2cc(N3CCN(C(=O)C4CCC(=O)N4)CC3)ncn2)n1. The number of nitrogens with one attached hydrogen (secondary N) is 1. The zero-order chi connectivity index (χ0) is 19.0. The van der Waals surface area contributed by atoms with Crippen LogP contribution in [0.1, 0.15) is 24.2 Å². The van der Waals surface area contributed by atoms with Gasteiger partial charge in [-0.3, -0.25) is 9.59 Å². The molecule has 1 atom stereocenters. The summed E-state index contributed by atoms with van der Waals surface area (Å²) in [7, 11) is 0. The molecule has 0 bridgehead atoms. The number of carbonyl (C=O) groups excluding carboxylic acids is 2. The van der Waals surface area contributed by atoms with E-state index in [4.69, 9.17) is 0 Å². The smallest absolute Gasteiger partial charge is 0.245 e. The number of aryl methyl sites for hydroxylation is 2. The number of carbonyl (C=O) groups is 2. The number of nitrogens with zero attached hydrogens (tertiary/aromatic N) is 6. The first-order chi connectivity index (χ1) is 13.0. The molecule has 0 aliphatic carbocycles. The van der Waals surface area contributed by atoms with Gasteiger partial charge in [-0.1, -0.05) is 0 Å². The standard InChI is InChI=1S/C18H23N7O2/c1-12-9-13(2)25(22-12)16-10-15(19-11-20-16)23-5-7-24(8-6-23)18(27)14-3-4-17(26)21-14/h9-11,14H,3-8H2,1-2H3,(H,21,26). The summed E-state index contributed by atoms with van der Waals surface area (Å²) < 4.78 is 1.81. The molecule has 0 saturated carbocycles. The van der Waals surface area contributed by atoms with Gasteiger partial charge in [0.05, 0.1) is 5.69 Å². The molecule has 0 aromatic carbocycles. The lowest BCUT2D eigenvalue weighted by Gasteiger charge is -2.36. The van der Waals surface area contributed by atoms with Crippen molar-refractivity contribution in [2.24, 2.45) is 0 Å². The van der Waals surface area contributed by atoms with Crippen LogP contribution in [0, 0.1) is 13.8 Å². The van der Waals surface area contributed by atoms with E-state index in [1.807, 2.05) is 35.6 Å². The average molecular weight is 369 g/mol. The maximum absolute atomic E-state index is 12.5. The van der Waals surface area contributed by atoms with Crippen molar-refractivity contribution >= 4 is 17.6 Å². The lowest BCUT2D eigenvalue weighted by Crippen LogP contribution is -2.53. The predicted molar refractivity (Wildman–Crippen MR) is 98.6 cm³/mol. The van der Waals surface area contributed by atoms with Gasteiger partial charge in [0.1, 0.15) is 18.2 Å². The molecule has 1 N–H and O–H groups in total. The lowest BCUT2D eigenvalue weighted by molar-refractivity contribution is -0.134. The molecule has 2 aliphatic rings. The summed E-state index contributed by atoms with van der Waals surface area (Å²) in [6, 6.07) is 3.57. The Morgan fingerprint density at radius 1 is 1.11 bits per heavy atom. The fourth-order valence-electron chi connectivity index (χ4n) is 3.66. The summed E-state index contributed by atoms with van der Waals surface area (Å²) in [4.78, 5) is 36.6. The van der Waals surface area contributed by atoms with Crippen LogP contribution < -0.4 is 10.2 Å². The average Bonchev–Trinajstić information content (AvgIpc) is 3.26.